The van der Waals surface area contributed by atoms with Gasteiger partial charge < -0.3 is 10.0 Å². The van der Waals surface area contributed by atoms with Crippen LogP contribution >= 0.6 is 24.0 Å². The first-order valence-corrected chi connectivity index (χ1v) is 9.59. The highest BCUT2D eigenvalue weighted by Crippen LogP contribution is 2.33. The third-order valence-corrected chi connectivity index (χ3v) is 5.71. The molecule has 0 aromatic heterocycles. The summed E-state index contributed by atoms with van der Waals surface area (Å²) in [5, 5.41) is 8.77. The molecule has 132 valence electrons. The Morgan fingerprint density at radius 3 is 2.52 bits per heavy atom. The second kappa shape index (κ2) is 8.01. The van der Waals surface area contributed by atoms with E-state index in [-0.39, 0.29) is 18.9 Å². The zero-order valence-corrected chi connectivity index (χ0v) is 15.4. The Morgan fingerprint density at radius 2 is 1.88 bits per heavy atom. The maximum atomic E-state index is 12.4. The quantitative estimate of drug-likeness (QED) is 0.628. The maximum absolute atomic E-state index is 12.4. The Balaban J connectivity index is 1.69. The maximum Gasteiger partial charge on any atom is 0.305 e. The van der Waals surface area contributed by atoms with Crippen molar-refractivity contribution in [3.05, 3.63) is 34.7 Å². The summed E-state index contributed by atoms with van der Waals surface area (Å²) in [6.45, 7) is 2.31. The minimum atomic E-state index is -0.939. The van der Waals surface area contributed by atoms with Crippen LogP contribution in [0.4, 0.5) is 5.69 Å². The highest BCUT2D eigenvalue weighted by molar-refractivity contribution is 8.26. The normalized spacial score (nSPS) is 19.8. The summed E-state index contributed by atoms with van der Waals surface area (Å²) in [5.41, 5.74) is 2.16. The van der Waals surface area contributed by atoms with Crippen molar-refractivity contribution in [2.75, 3.05) is 24.5 Å². The van der Waals surface area contributed by atoms with Gasteiger partial charge in [-0.2, -0.15) is 0 Å². The molecule has 3 rings (SSSR count). The molecule has 5 nitrogen and oxygen atoms in total. The van der Waals surface area contributed by atoms with Crippen LogP contribution in [-0.4, -0.2) is 45.8 Å². The Kier molecular flexibility index (Phi) is 5.75. The molecule has 1 aromatic rings. The topological polar surface area (TPSA) is 60.9 Å². The Hall–Kier alpha value is -1.86. The molecule has 2 aliphatic heterocycles. The van der Waals surface area contributed by atoms with E-state index >= 15 is 0 Å². The lowest BCUT2D eigenvalue weighted by Crippen LogP contribution is -2.30. The molecular formula is C18H20N2O3S2. The van der Waals surface area contributed by atoms with E-state index in [9.17, 15) is 9.59 Å². The van der Waals surface area contributed by atoms with Gasteiger partial charge in [-0.05, 0) is 43.0 Å². The molecule has 0 aliphatic carbocycles. The molecule has 1 aromatic carbocycles. The first kappa shape index (κ1) is 17.9. The van der Waals surface area contributed by atoms with Gasteiger partial charge in [0.15, 0.2) is 0 Å². The zero-order chi connectivity index (χ0) is 17.8. The molecular weight excluding hydrogens is 356 g/mol. The van der Waals surface area contributed by atoms with E-state index in [0.29, 0.717) is 9.23 Å². The molecule has 0 unspecified atom stereocenters. The number of rotatable bonds is 5. The molecule has 2 aliphatic rings. The van der Waals surface area contributed by atoms with Gasteiger partial charge in [-0.1, -0.05) is 36.1 Å². The third kappa shape index (κ3) is 4.41. The van der Waals surface area contributed by atoms with Gasteiger partial charge in [-0.25, -0.2) is 0 Å². The highest BCUT2D eigenvalue weighted by atomic mass is 32.2. The molecule has 2 fully saturated rings. The Bertz CT molecular complexity index is 710. The number of hydrogen-bond donors (Lipinski definition) is 1. The van der Waals surface area contributed by atoms with Gasteiger partial charge in [0, 0.05) is 25.3 Å². The van der Waals surface area contributed by atoms with Gasteiger partial charge in [0.25, 0.3) is 5.91 Å². The summed E-state index contributed by atoms with van der Waals surface area (Å²) < 4.78 is 0.419. The van der Waals surface area contributed by atoms with Gasteiger partial charge in [0.1, 0.15) is 4.32 Å². The van der Waals surface area contributed by atoms with Gasteiger partial charge in [0.05, 0.1) is 11.3 Å². The molecule has 0 spiro atoms. The lowest BCUT2D eigenvalue weighted by Gasteiger charge is -2.28. The number of anilines is 1. The summed E-state index contributed by atoms with van der Waals surface area (Å²) in [6, 6.07) is 8.19. The van der Waals surface area contributed by atoms with Crippen LogP contribution in [0.1, 0.15) is 31.2 Å². The smallest absolute Gasteiger partial charge is 0.305 e. The fourth-order valence-corrected chi connectivity index (χ4v) is 4.29. The van der Waals surface area contributed by atoms with Crippen LogP contribution in [0.15, 0.2) is 29.2 Å². The monoisotopic (exact) mass is 376 g/mol. The first-order valence-electron chi connectivity index (χ1n) is 8.37. The van der Waals surface area contributed by atoms with Crippen molar-refractivity contribution in [1.82, 2.24) is 4.90 Å². The third-order valence-electron chi connectivity index (χ3n) is 4.33. The zero-order valence-electron chi connectivity index (χ0n) is 13.8. The Labute approximate surface area is 156 Å². The predicted molar refractivity (Wildman–Crippen MR) is 105 cm³/mol. The van der Waals surface area contributed by atoms with Crippen molar-refractivity contribution in [1.29, 1.82) is 0 Å². The molecule has 1 N–H and O–H groups in total. The van der Waals surface area contributed by atoms with Crippen molar-refractivity contribution >= 4 is 51.9 Å². The Morgan fingerprint density at radius 1 is 1.20 bits per heavy atom. The molecule has 25 heavy (non-hydrogen) atoms. The standard InChI is InChI=1S/C18H20N2O3S2/c21-16(22)8-11-20-17(23)15(25-18(20)24)12-13-4-6-14(7-5-13)19-9-2-1-3-10-19/h4-7,12H,1-3,8-11H2,(H,21,22). The van der Waals surface area contributed by atoms with Crippen LogP contribution in [0.2, 0.25) is 0 Å². The number of hydrogen-bond acceptors (Lipinski definition) is 5. The predicted octanol–water partition coefficient (Wildman–Crippen LogP) is 3.35. The van der Waals surface area contributed by atoms with Crippen molar-refractivity contribution in [3.8, 4) is 0 Å². The van der Waals surface area contributed by atoms with Crippen LogP contribution < -0.4 is 4.90 Å². The number of carboxylic acid groups (broad SMARTS) is 1. The summed E-state index contributed by atoms with van der Waals surface area (Å²) in [7, 11) is 0. The number of thiocarbonyl (C=S) groups is 1. The van der Waals surface area contributed by atoms with E-state index in [1.807, 2.05) is 18.2 Å². The van der Waals surface area contributed by atoms with Crippen LogP contribution in [0.3, 0.4) is 0 Å². The van der Waals surface area contributed by atoms with Gasteiger partial charge in [-0.15, -0.1) is 0 Å². The minimum Gasteiger partial charge on any atom is -0.481 e. The summed E-state index contributed by atoms with van der Waals surface area (Å²) in [5.74, 6) is -1.15. The van der Waals surface area contributed by atoms with Crippen LogP contribution in [0.25, 0.3) is 6.08 Å². The number of amides is 1. The SMILES string of the molecule is O=C(O)CCN1C(=O)C(=Cc2ccc(N3CCCCC3)cc2)SC1=S. The van der Waals surface area contributed by atoms with Gasteiger partial charge in [-0.3, -0.25) is 14.5 Å². The van der Waals surface area contributed by atoms with E-state index in [2.05, 4.69) is 17.0 Å². The average molecular weight is 377 g/mol. The molecule has 0 bridgehead atoms. The van der Waals surface area contributed by atoms with E-state index < -0.39 is 5.97 Å². The molecule has 7 heteroatoms. The fraction of sp³-hybridized carbons (Fsp3) is 0.389. The number of piperidine rings is 1. The van der Waals surface area contributed by atoms with Crippen LogP contribution in [0, 0.1) is 0 Å². The number of thioether (sulfide) groups is 1. The first-order chi connectivity index (χ1) is 12.0. The van der Waals surface area contributed by atoms with Gasteiger partial charge in [0.2, 0.25) is 0 Å². The van der Waals surface area contributed by atoms with Crippen molar-refractivity contribution < 1.29 is 14.7 Å². The number of carbonyl (C=O) groups excluding carboxylic acids is 1. The van der Waals surface area contributed by atoms with Crippen LogP contribution in [0.5, 0.6) is 0 Å². The number of benzene rings is 1. The summed E-state index contributed by atoms with van der Waals surface area (Å²) >= 11 is 6.42. The molecule has 2 heterocycles. The summed E-state index contributed by atoms with van der Waals surface area (Å²) in [4.78, 5) is 27.4. The largest absolute Gasteiger partial charge is 0.481 e. The van der Waals surface area contributed by atoms with E-state index in [4.69, 9.17) is 17.3 Å². The lowest BCUT2D eigenvalue weighted by molar-refractivity contribution is -0.137. The number of nitrogens with zero attached hydrogens (tertiary/aromatic N) is 2. The van der Waals surface area contributed by atoms with E-state index in [0.717, 1.165) is 18.7 Å². The number of carboxylic acids is 1. The summed E-state index contributed by atoms with van der Waals surface area (Å²) in [6.07, 6.45) is 5.49. The van der Waals surface area contributed by atoms with Crippen molar-refractivity contribution in [2.24, 2.45) is 0 Å². The van der Waals surface area contributed by atoms with Crippen molar-refractivity contribution in [2.45, 2.75) is 25.7 Å². The number of aliphatic carboxylic acids is 1. The molecule has 1 amide bonds. The van der Waals surface area contributed by atoms with E-state index in [1.54, 1.807) is 0 Å². The number of carbonyl (C=O) groups is 2. The lowest BCUT2D eigenvalue weighted by atomic mass is 10.1. The average Bonchev–Trinajstić information content (AvgIpc) is 2.88. The molecule has 2 saturated heterocycles. The molecule has 0 radical (unpaired) electrons. The van der Waals surface area contributed by atoms with Gasteiger partial charge >= 0.3 is 5.97 Å². The minimum absolute atomic E-state index is 0.107. The van der Waals surface area contributed by atoms with Crippen molar-refractivity contribution in [3.63, 3.8) is 0 Å². The van der Waals surface area contributed by atoms with Crippen LogP contribution in [-0.2, 0) is 9.59 Å². The molecule has 0 atom stereocenters. The molecule has 0 saturated carbocycles. The highest BCUT2D eigenvalue weighted by Gasteiger charge is 2.32. The second-order valence-electron chi connectivity index (χ2n) is 6.12. The van der Waals surface area contributed by atoms with E-state index in [1.165, 1.54) is 41.6 Å². The fourth-order valence-electron chi connectivity index (χ4n) is 2.99. The second-order valence-corrected chi connectivity index (χ2v) is 7.79.